The number of hydrogen-bond acceptors (Lipinski definition) is 6. The predicted octanol–water partition coefficient (Wildman–Crippen LogP) is 4.07. The maximum atomic E-state index is 13.2. The molecule has 1 N–H and O–H groups in total. The highest BCUT2D eigenvalue weighted by molar-refractivity contribution is 7.67. The van der Waals surface area contributed by atoms with Crippen LogP contribution in [0.15, 0.2) is 36.4 Å². The second-order valence-electron chi connectivity index (χ2n) is 5.61. The molecule has 146 valence electrons. The van der Waals surface area contributed by atoms with Gasteiger partial charge in [0, 0.05) is 12.4 Å². The van der Waals surface area contributed by atoms with Gasteiger partial charge in [0.25, 0.3) is 0 Å². The van der Waals surface area contributed by atoms with Crippen molar-refractivity contribution >= 4 is 41.8 Å². The normalized spacial score (nSPS) is 14.3. The minimum absolute atomic E-state index is 0.000460. The summed E-state index contributed by atoms with van der Waals surface area (Å²) in [6.45, 7) is 0. The van der Waals surface area contributed by atoms with E-state index in [-0.39, 0.29) is 21.8 Å². The van der Waals surface area contributed by atoms with E-state index in [4.69, 9.17) is 32.5 Å². The lowest BCUT2D eigenvalue weighted by molar-refractivity contribution is 0.0601. The minimum Gasteiger partial charge on any atom is -0.497 e. The number of esters is 1. The van der Waals surface area contributed by atoms with Gasteiger partial charge in [-0.2, -0.15) is 0 Å². The van der Waals surface area contributed by atoms with E-state index in [9.17, 15) is 14.5 Å². The summed E-state index contributed by atoms with van der Waals surface area (Å²) in [5.41, 5.74) is 0.303. The molecular weight excluding hydrogens is 414 g/mol. The van der Waals surface area contributed by atoms with Crippen LogP contribution in [-0.4, -0.2) is 38.6 Å². The standard InChI is InChI=1S/C18H19Cl2O6P/c1-24-12-5-4-6-13(9-12)27(23,26-3)10-16(21)11-7-14(19)17(15(20)8-11)18(22)25-2/h4-9,16,21H,10H2,1-3H3. The fraction of sp³-hybridized carbons (Fsp3) is 0.278. The fourth-order valence-corrected chi connectivity index (χ4v) is 5.06. The Bertz CT molecular complexity index is 863. The van der Waals surface area contributed by atoms with Crippen LogP contribution in [0.2, 0.25) is 10.0 Å². The minimum atomic E-state index is -3.39. The molecule has 2 rings (SSSR count). The van der Waals surface area contributed by atoms with Crippen molar-refractivity contribution in [3.63, 3.8) is 0 Å². The van der Waals surface area contributed by atoms with Gasteiger partial charge in [0.05, 0.1) is 42.1 Å². The maximum Gasteiger partial charge on any atom is 0.340 e. The summed E-state index contributed by atoms with van der Waals surface area (Å²) in [7, 11) is 0.631. The molecule has 0 aliphatic heterocycles. The fourth-order valence-electron chi connectivity index (χ4n) is 2.52. The van der Waals surface area contributed by atoms with Gasteiger partial charge in [0.1, 0.15) is 5.75 Å². The molecule has 0 aromatic heterocycles. The van der Waals surface area contributed by atoms with E-state index in [1.54, 1.807) is 24.3 Å². The number of aliphatic hydroxyl groups excluding tert-OH is 1. The second-order valence-corrected chi connectivity index (χ2v) is 9.01. The average molecular weight is 433 g/mol. The van der Waals surface area contributed by atoms with E-state index >= 15 is 0 Å². The molecule has 0 amide bonds. The number of rotatable bonds is 7. The summed E-state index contributed by atoms with van der Waals surface area (Å²) in [5, 5.41) is 11.1. The van der Waals surface area contributed by atoms with E-state index in [0.717, 1.165) is 0 Å². The van der Waals surface area contributed by atoms with Gasteiger partial charge >= 0.3 is 5.97 Å². The molecule has 6 nitrogen and oxygen atoms in total. The first-order chi connectivity index (χ1) is 12.8. The van der Waals surface area contributed by atoms with Crippen molar-refractivity contribution in [2.45, 2.75) is 6.10 Å². The van der Waals surface area contributed by atoms with E-state index in [0.29, 0.717) is 16.6 Å². The molecule has 2 aromatic carbocycles. The van der Waals surface area contributed by atoms with Gasteiger partial charge in [0.2, 0.25) is 7.37 Å². The van der Waals surface area contributed by atoms with Gasteiger partial charge in [-0.05, 0) is 35.9 Å². The van der Waals surface area contributed by atoms with Gasteiger partial charge in [0.15, 0.2) is 0 Å². The molecule has 9 heteroatoms. The van der Waals surface area contributed by atoms with Crippen LogP contribution < -0.4 is 10.0 Å². The van der Waals surface area contributed by atoms with Crippen molar-refractivity contribution in [3.8, 4) is 5.75 Å². The van der Waals surface area contributed by atoms with E-state index in [2.05, 4.69) is 4.74 Å². The largest absolute Gasteiger partial charge is 0.497 e. The molecular formula is C18H19Cl2O6P. The third-order valence-electron chi connectivity index (χ3n) is 3.99. The first-order valence-corrected chi connectivity index (χ1v) is 10.4. The molecule has 0 spiro atoms. The Morgan fingerprint density at radius 2 is 1.78 bits per heavy atom. The summed E-state index contributed by atoms with van der Waals surface area (Å²) in [6, 6.07) is 9.40. The highest BCUT2D eigenvalue weighted by atomic mass is 35.5. The van der Waals surface area contributed by atoms with Gasteiger partial charge in [-0.25, -0.2) is 4.79 Å². The molecule has 2 aromatic rings. The van der Waals surface area contributed by atoms with Crippen molar-refractivity contribution in [2.24, 2.45) is 0 Å². The number of methoxy groups -OCH3 is 2. The summed E-state index contributed by atoms with van der Waals surface area (Å²) in [5.74, 6) is -0.169. The van der Waals surface area contributed by atoms with Crippen LogP contribution in [0.4, 0.5) is 0 Å². The molecule has 2 unspecified atom stereocenters. The molecule has 0 aliphatic carbocycles. The molecule has 0 radical (unpaired) electrons. The van der Waals surface area contributed by atoms with Crippen molar-refractivity contribution in [1.82, 2.24) is 0 Å². The average Bonchev–Trinajstić information content (AvgIpc) is 2.66. The smallest absolute Gasteiger partial charge is 0.340 e. The first kappa shape index (κ1) is 21.7. The molecule has 0 heterocycles. The number of hydrogen-bond donors (Lipinski definition) is 1. The zero-order chi connectivity index (χ0) is 20.2. The third-order valence-corrected chi connectivity index (χ3v) is 7.07. The summed E-state index contributed by atoms with van der Waals surface area (Å²) >= 11 is 12.2. The molecule has 0 saturated heterocycles. The highest BCUT2D eigenvalue weighted by Crippen LogP contribution is 2.48. The van der Waals surface area contributed by atoms with Crippen molar-refractivity contribution in [2.75, 3.05) is 27.5 Å². The highest BCUT2D eigenvalue weighted by Gasteiger charge is 2.30. The Hall–Kier alpha value is -1.56. The second kappa shape index (κ2) is 9.09. The van der Waals surface area contributed by atoms with E-state index in [1.807, 2.05) is 0 Å². The van der Waals surface area contributed by atoms with E-state index in [1.165, 1.54) is 33.5 Å². The van der Waals surface area contributed by atoms with Crippen LogP contribution in [0.5, 0.6) is 5.75 Å². The molecule has 2 atom stereocenters. The molecule has 0 bridgehead atoms. The SMILES string of the molecule is COC(=O)c1c(Cl)cc(C(O)CP(=O)(OC)c2cccc(OC)c2)cc1Cl. The lowest BCUT2D eigenvalue weighted by Crippen LogP contribution is -2.15. The summed E-state index contributed by atoms with van der Waals surface area (Å²) < 4.78 is 28.3. The quantitative estimate of drug-likeness (QED) is 0.524. The molecule has 0 saturated carbocycles. The van der Waals surface area contributed by atoms with Crippen LogP contribution in [0, 0.1) is 0 Å². The lowest BCUT2D eigenvalue weighted by Gasteiger charge is -2.21. The van der Waals surface area contributed by atoms with Gasteiger partial charge < -0.3 is 19.1 Å². The van der Waals surface area contributed by atoms with Crippen molar-refractivity contribution in [3.05, 3.63) is 57.6 Å². The summed E-state index contributed by atoms with van der Waals surface area (Å²) in [4.78, 5) is 11.7. The number of aliphatic hydroxyl groups is 1. The van der Waals surface area contributed by atoms with Crippen LogP contribution in [0.25, 0.3) is 0 Å². The van der Waals surface area contributed by atoms with Crippen molar-refractivity contribution < 1.29 is 28.5 Å². The number of ether oxygens (including phenoxy) is 2. The molecule has 0 aliphatic rings. The van der Waals surface area contributed by atoms with Gasteiger partial charge in [-0.1, -0.05) is 29.3 Å². The Labute approximate surface area is 167 Å². The zero-order valence-corrected chi connectivity index (χ0v) is 17.3. The van der Waals surface area contributed by atoms with Crippen LogP contribution >= 0.6 is 30.6 Å². The monoisotopic (exact) mass is 432 g/mol. The number of carbonyl (C=O) groups is 1. The Kier molecular flexibility index (Phi) is 7.32. The zero-order valence-electron chi connectivity index (χ0n) is 14.9. The Balaban J connectivity index is 2.35. The summed E-state index contributed by atoms with van der Waals surface area (Å²) in [6.07, 6.45) is -1.40. The van der Waals surface area contributed by atoms with Crippen LogP contribution in [0.1, 0.15) is 22.0 Å². The van der Waals surface area contributed by atoms with Crippen LogP contribution in [-0.2, 0) is 13.8 Å². The number of benzene rings is 2. The molecule has 27 heavy (non-hydrogen) atoms. The van der Waals surface area contributed by atoms with E-state index < -0.39 is 19.4 Å². The van der Waals surface area contributed by atoms with Crippen molar-refractivity contribution in [1.29, 1.82) is 0 Å². The van der Waals surface area contributed by atoms with Crippen LogP contribution in [0.3, 0.4) is 0 Å². The number of carbonyl (C=O) groups excluding carboxylic acids is 1. The Morgan fingerprint density at radius 3 is 2.30 bits per heavy atom. The topological polar surface area (TPSA) is 82.1 Å². The Morgan fingerprint density at radius 1 is 1.15 bits per heavy atom. The third kappa shape index (κ3) is 4.84. The predicted molar refractivity (Wildman–Crippen MR) is 105 cm³/mol. The number of halogens is 2. The first-order valence-electron chi connectivity index (χ1n) is 7.80. The van der Waals surface area contributed by atoms with Gasteiger partial charge in [-0.3, -0.25) is 4.57 Å². The maximum absolute atomic E-state index is 13.2. The molecule has 0 fully saturated rings. The lowest BCUT2D eigenvalue weighted by atomic mass is 10.1. The van der Waals surface area contributed by atoms with Gasteiger partial charge in [-0.15, -0.1) is 0 Å².